The Morgan fingerprint density at radius 2 is 2.36 bits per heavy atom. The van der Waals surface area contributed by atoms with E-state index in [2.05, 4.69) is 18.8 Å². The van der Waals surface area contributed by atoms with Crippen molar-refractivity contribution in [3.8, 4) is 5.75 Å². The Morgan fingerprint density at radius 1 is 1.57 bits per heavy atom. The number of rotatable bonds is 5. The highest BCUT2D eigenvalue weighted by molar-refractivity contribution is 5.57. The average Bonchev–Trinajstić information content (AvgIpc) is 2.17. The molecule has 0 radical (unpaired) electrons. The van der Waals surface area contributed by atoms with Crippen LogP contribution in [-0.4, -0.2) is 17.9 Å². The van der Waals surface area contributed by atoms with E-state index in [1.54, 1.807) is 12.4 Å². The molecule has 3 heteroatoms. The van der Waals surface area contributed by atoms with Gasteiger partial charge in [0.15, 0.2) is 0 Å². The Bertz CT molecular complexity index is 297. The molecule has 0 bridgehead atoms. The van der Waals surface area contributed by atoms with Gasteiger partial charge in [0.05, 0.1) is 12.8 Å². The number of carbonyl (C=O) groups excluding carboxylic acids is 1. The molecule has 1 heterocycles. The normalized spacial score (nSPS) is 10.2. The molecule has 0 aliphatic rings. The molecule has 14 heavy (non-hydrogen) atoms. The van der Waals surface area contributed by atoms with E-state index in [4.69, 9.17) is 4.74 Å². The lowest BCUT2D eigenvalue weighted by atomic mass is 10.2. The van der Waals surface area contributed by atoms with Gasteiger partial charge in [-0.1, -0.05) is 13.8 Å². The molecular weight excluding hydrogens is 178 g/mol. The van der Waals surface area contributed by atoms with Gasteiger partial charge in [-0.25, -0.2) is 0 Å². The monoisotopic (exact) mass is 193 g/mol. The van der Waals surface area contributed by atoms with Crippen molar-refractivity contribution in [2.24, 2.45) is 5.92 Å². The van der Waals surface area contributed by atoms with Crippen molar-refractivity contribution in [3.63, 3.8) is 0 Å². The van der Waals surface area contributed by atoms with Crippen LogP contribution in [0.25, 0.3) is 0 Å². The van der Waals surface area contributed by atoms with E-state index in [-0.39, 0.29) is 0 Å². The zero-order chi connectivity index (χ0) is 10.4. The first kappa shape index (κ1) is 10.7. The van der Waals surface area contributed by atoms with Gasteiger partial charge in [0.2, 0.25) is 0 Å². The summed E-state index contributed by atoms with van der Waals surface area (Å²) in [6.07, 6.45) is 4.58. The number of hydrogen-bond donors (Lipinski definition) is 0. The minimum absolute atomic E-state index is 0.385. The largest absolute Gasteiger partial charge is 0.491 e. The zero-order valence-electron chi connectivity index (χ0n) is 8.56. The van der Waals surface area contributed by atoms with Crippen molar-refractivity contribution in [2.75, 3.05) is 6.61 Å². The minimum atomic E-state index is 0.385. The Hall–Kier alpha value is -1.38. The van der Waals surface area contributed by atoms with E-state index < -0.39 is 0 Å². The van der Waals surface area contributed by atoms with Crippen LogP contribution < -0.4 is 4.74 Å². The maximum Gasteiger partial charge on any atom is 0.141 e. The summed E-state index contributed by atoms with van der Waals surface area (Å²) in [7, 11) is 0. The molecule has 0 fully saturated rings. The molecule has 0 unspecified atom stereocenters. The fourth-order valence-electron chi connectivity index (χ4n) is 1.05. The lowest BCUT2D eigenvalue weighted by Gasteiger charge is -2.10. The highest BCUT2D eigenvalue weighted by atomic mass is 16.5. The van der Waals surface area contributed by atoms with Gasteiger partial charge < -0.3 is 9.53 Å². The minimum Gasteiger partial charge on any atom is -0.491 e. The van der Waals surface area contributed by atoms with Gasteiger partial charge in [0, 0.05) is 18.2 Å². The molecule has 0 aromatic carbocycles. The Morgan fingerprint density at radius 3 is 3.00 bits per heavy atom. The first-order valence-electron chi connectivity index (χ1n) is 4.73. The molecule has 0 saturated heterocycles. The Kier molecular flexibility index (Phi) is 4.11. The lowest BCUT2D eigenvalue weighted by molar-refractivity contribution is -0.107. The van der Waals surface area contributed by atoms with E-state index in [1.165, 1.54) is 0 Å². The molecule has 1 rings (SSSR count). The van der Waals surface area contributed by atoms with Crippen molar-refractivity contribution in [3.05, 3.63) is 24.0 Å². The maximum absolute atomic E-state index is 10.4. The van der Waals surface area contributed by atoms with Crippen LogP contribution in [-0.2, 0) is 11.2 Å². The first-order chi connectivity index (χ1) is 6.74. The summed E-state index contributed by atoms with van der Waals surface area (Å²) in [5, 5.41) is 0. The SMILES string of the molecule is CC(C)COc1cnccc1CC=O. The van der Waals surface area contributed by atoms with Crippen LogP contribution in [0.1, 0.15) is 19.4 Å². The fourth-order valence-corrected chi connectivity index (χ4v) is 1.05. The fraction of sp³-hybridized carbons (Fsp3) is 0.455. The number of carbonyl (C=O) groups is 1. The van der Waals surface area contributed by atoms with Gasteiger partial charge in [-0.05, 0) is 12.0 Å². The van der Waals surface area contributed by atoms with Crippen LogP contribution in [0.15, 0.2) is 18.5 Å². The van der Waals surface area contributed by atoms with Gasteiger partial charge in [0.25, 0.3) is 0 Å². The zero-order valence-corrected chi connectivity index (χ0v) is 8.56. The average molecular weight is 193 g/mol. The molecule has 0 spiro atoms. The van der Waals surface area contributed by atoms with Gasteiger partial charge >= 0.3 is 0 Å². The molecule has 0 aliphatic carbocycles. The van der Waals surface area contributed by atoms with E-state index in [1.807, 2.05) is 6.07 Å². The van der Waals surface area contributed by atoms with Crippen LogP contribution in [0.4, 0.5) is 0 Å². The van der Waals surface area contributed by atoms with Crippen LogP contribution >= 0.6 is 0 Å². The lowest BCUT2D eigenvalue weighted by Crippen LogP contribution is -2.06. The number of nitrogens with zero attached hydrogens (tertiary/aromatic N) is 1. The second-order valence-electron chi connectivity index (χ2n) is 3.56. The van der Waals surface area contributed by atoms with Crippen LogP contribution in [0.5, 0.6) is 5.75 Å². The molecule has 0 amide bonds. The molecule has 0 saturated carbocycles. The van der Waals surface area contributed by atoms with Crippen LogP contribution in [0, 0.1) is 5.92 Å². The molecular formula is C11H15NO2. The number of aromatic nitrogens is 1. The summed E-state index contributed by atoms with van der Waals surface area (Å²) < 4.78 is 5.53. The summed E-state index contributed by atoms with van der Waals surface area (Å²) in [4.78, 5) is 14.4. The van der Waals surface area contributed by atoms with Crippen LogP contribution in [0.2, 0.25) is 0 Å². The summed E-state index contributed by atoms with van der Waals surface area (Å²) in [6.45, 7) is 4.81. The molecule has 3 nitrogen and oxygen atoms in total. The summed E-state index contributed by atoms with van der Waals surface area (Å²) in [6, 6.07) is 1.81. The second kappa shape index (κ2) is 5.37. The standard InChI is InChI=1S/C11H15NO2/c1-9(2)8-14-11-7-12-5-3-10(11)4-6-13/h3,5-7,9H,4,8H2,1-2H3. The summed E-state index contributed by atoms with van der Waals surface area (Å²) in [5.74, 6) is 1.19. The van der Waals surface area contributed by atoms with Crippen molar-refractivity contribution in [2.45, 2.75) is 20.3 Å². The molecule has 1 aromatic rings. The molecule has 0 N–H and O–H groups in total. The van der Waals surface area contributed by atoms with Crippen LogP contribution in [0.3, 0.4) is 0 Å². The Balaban J connectivity index is 2.68. The third-order valence-electron chi connectivity index (χ3n) is 1.75. The van der Waals surface area contributed by atoms with E-state index >= 15 is 0 Å². The van der Waals surface area contributed by atoms with Gasteiger partial charge in [0.1, 0.15) is 12.0 Å². The number of pyridine rings is 1. The molecule has 0 aliphatic heterocycles. The highest BCUT2D eigenvalue weighted by Gasteiger charge is 2.03. The number of ether oxygens (including phenoxy) is 1. The van der Waals surface area contributed by atoms with Gasteiger partial charge in [-0.15, -0.1) is 0 Å². The van der Waals surface area contributed by atoms with Crippen molar-refractivity contribution >= 4 is 6.29 Å². The molecule has 1 aromatic heterocycles. The summed E-state index contributed by atoms with van der Waals surface area (Å²) >= 11 is 0. The van der Waals surface area contributed by atoms with E-state index in [0.717, 1.165) is 11.8 Å². The maximum atomic E-state index is 10.4. The first-order valence-corrected chi connectivity index (χ1v) is 4.73. The van der Waals surface area contributed by atoms with Crippen molar-refractivity contribution < 1.29 is 9.53 Å². The van der Waals surface area contributed by atoms with E-state index in [9.17, 15) is 4.79 Å². The highest BCUT2D eigenvalue weighted by Crippen LogP contribution is 2.16. The van der Waals surface area contributed by atoms with Crippen molar-refractivity contribution in [1.82, 2.24) is 4.98 Å². The molecule has 0 atom stereocenters. The van der Waals surface area contributed by atoms with Gasteiger partial charge in [-0.2, -0.15) is 0 Å². The van der Waals surface area contributed by atoms with Crippen molar-refractivity contribution in [1.29, 1.82) is 0 Å². The smallest absolute Gasteiger partial charge is 0.141 e. The topological polar surface area (TPSA) is 39.2 Å². The second-order valence-corrected chi connectivity index (χ2v) is 3.56. The Labute approximate surface area is 84.1 Å². The van der Waals surface area contributed by atoms with E-state index in [0.29, 0.717) is 24.7 Å². The third kappa shape index (κ3) is 3.17. The quantitative estimate of drug-likeness (QED) is 0.670. The third-order valence-corrected chi connectivity index (χ3v) is 1.75. The predicted octanol–water partition coefficient (Wildman–Crippen LogP) is 1.86. The van der Waals surface area contributed by atoms with Gasteiger partial charge in [-0.3, -0.25) is 4.98 Å². The number of hydrogen-bond acceptors (Lipinski definition) is 3. The predicted molar refractivity (Wildman–Crippen MR) is 54.3 cm³/mol. The molecule has 76 valence electrons. The number of aldehydes is 1. The summed E-state index contributed by atoms with van der Waals surface area (Å²) in [5.41, 5.74) is 0.899.